The molecule has 27 heavy (non-hydrogen) atoms. The number of carbonyl (C=O) groups is 1. The number of carbonyl (C=O) groups excluding carboxylic acids is 1. The Morgan fingerprint density at radius 2 is 2.00 bits per heavy atom. The van der Waals surface area contributed by atoms with Gasteiger partial charge in [0.1, 0.15) is 0 Å². The first-order valence-corrected chi connectivity index (χ1v) is 8.64. The lowest BCUT2D eigenvalue weighted by Crippen LogP contribution is -2.37. The molecule has 0 atom stereocenters. The number of hydrogen-bond donors (Lipinski definition) is 3. The zero-order valence-electron chi connectivity index (χ0n) is 15.8. The first-order valence-electron chi connectivity index (χ1n) is 8.64. The summed E-state index contributed by atoms with van der Waals surface area (Å²) in [6.45, 7) is 3.42. The Labute approximate surface area is 159 Å². The fourth-order valence-corrected chi connectivity index (χ4v) is 2.29. The second kappa shape index (κ2) is 10.6. The third-order valence-electron chi connectivity index (χ3n) is 3.58. The second-order valence-electron chi connectivity index (χ2n) is 5.42. The van der Waals surface area contributed by atoms with Crippen molar-refractivity contribution in [2.45, 2.75) is 6.92 Å². The number of nitrogens with one attached hydrogen (secondary N) is 3. The molecule has 2 rings (SSSR count). The van der Waals surface area contributed by atoms with Crippen LogP contribution in [0.2, 0.25) is 0 Å². The van der Waals surface area contributed by atoms with Crippen LogP contribution in [0.15, 0.2) is 47.7 Å². The van der Waals surface area contributed by atoms with Crippen LogP contribution in [0.25, 0.3) is 0 Å². The summed E-state index contributed by atoms with van der Waals surface area (Å²) < 4.78 is 10.9. The zero-order valence-corrected chi connectivity index (χ0v) is 15.8. The summed E-state index contributed by atoms with van der Waals surface area (Å²) in [5.41, 5.74) is 1.34. The highest BCUT2D eigenvalue weighted by molar-refractivity contribution is 5.94. The molecule has 0 saturated carbocycles. The Morgan fingerprint density at radius 3 is 2.67 bits per heavy atom. The number of ether oxygens (including phenoxy) is 2. The average Bonchev–Trinajstić information content (AvgIpc) is 2.71. The Kier molecular flexibility index (Phi) is 7.90. The fraction of sp³-hybridized carbons (Fsp3) is 0.316. The van der Waals surface area contributed by atoms with Crippen LogP contribution < -0.4 is 25.4 Å². The van der Waals surface area contributed by atoms with Gasteiger partial charge in [0.15, 0.2) is 17.5 Å². The maximum Gasteiger partial charge on any atom is 0.252 e. The third-order valence-corrected chi connectivity index (χ3v) is 3.58. The molecule has 0 aliphatic heterocycles. The first kappa shape index (κ1) is 20.0. The molecule has 0 radical (unpaired) electrons. The van der Waals surface area contributed by atoms with Crippen molar-refractivity contribution >= 4 is 17.6 Å². The molecule has 8 heteroatoms. The highest BCUT2D eigenvalue weighted by Gasteiger charge is 2.07. The van der Waals surface area contributed by atoms with E-state index in [2.05, 4.69) is 25.9 Å². The lowest BCUT2D eigenvalue weighted by molar-refractivity contribution is 0.0954. The molecule has 144 valence electrons. The van der Waals surface area contributed by atoms with E-state index in [4.69, 9.17) is 9.47 Å². The van der Waals surface area contributed by atoms with Gasteiger partial charge in [0.2, 0.25) is 0 Å². The number of methoxy groups -OCH3 is 1. The van der Waals surface area contributed by atoms with Crippen LogP contribution in [0.5, 0.6) is 11.5 Å². The lowest BCUT2D eigenvalue weighted by atomic mass is 10.2. The van der Waals surface area contributed by atoms with Gasteiger partial charge >= 0.3 is 0 Å². The van der Waals surface area contributed by atoms with Gasteiger partial charge in [-0.05, 0) is 31.2 Å². The van der Waals surface area contributed by atoms with Crippen molar-refractivity contribution in [3.63, 3.8) is 0 Å². The van der Waals surface area contributed by atoms with E-state index in [0.717, 1.165) is 5.69 Å². The molecule has 8 nitrogen and oxygen atoms in total. The quantitative estimate of drug-likeness (QED) is 0.373. The molecule has 0 aliphatic carbocycles. The summed E-state index contributed by atoms with van der Waals surface area (Å²) in [4.78, 5) is 20.1. The largest absolute Gasteiger partial charge is 0.493 e. The van der Waals surface area contributed by atoms with Crippen molar-refractivity contribution in [1.29, 1.82) is 0 Å². The number of pyridine rings is 1. The number of aliphatic imine (C=N–C) groups is 1. The summed E-state index contributed by atoms with van der Waals surface area (Å²) in [6.07, 6.45) is 3.16. The second-order valence-corrected chi connectivity index (χ2v) is 5.42. The SMILES string of the molecule is CCOc1cc(NC(=NC)NCCNC(=O)c2cccnc2)ccc1OC. The molecule has 3 N–H and O–H groups in total. The van der Waals surface area contributed by atoms with E-state index in [-0.39, 0.29) is 5.91 Å². The van der Waals surface area contributed by atoms with Gasteiger partial charge in [-0.25, -0.2) is 0 Å². The Balaban J connectivity index is 1.84. The zero-order chi connectivity index (χ0) is 19.5. The van der Waals surface area contributed by atoms with Crippen LogP contribution in [-0.4, -0.2) is 50.7 Å². The monoisotopic (exact) mass is 371 g/mol. The normalized spacial score (nSPS) is 10.9. The summed E-state index contributed by atoms with van der Waals surface area (Å²) >= 11 is 0. The Bertz CT molecular complexity index is 765. The van der Waals surface area contributed by atoms with Gasteiger partial charge in [-0.2, -0.15) is 0 Å². The van der Waals surface area contributed by atoms with Gasteiger partial charge < -0.3 is 25.4 Å². The number of nitrogens with zero attached hydrogens (tertiary/aromatic N) is 2. The van der Waals surface area contributed by atoms with Crippen molar-refractivity contribution in [3.8, 4) is 11.5 Å². The molecule has 0 aliphatic rings. The van der Waals surface area contributed by atoms with Gasteiger partial charge in [0.05, 0.1) is 19.3 Å². The first-order chi connectivity index (χ1) is 13.2. The molecule has 1 aromatic heterocycles. The lowest BCUT2D eigenvalue weighted by Gasteiger charge is -2.15. The highest BCUT2D eigenvalue weighted by atomic mass is 16.5. The van der Waals surface area contributed by atoms with Gasteiger partial charge in [-0.3, -0.25) is 14.8 Å². The van der Waals surface area contributed by atoms with E-state index in [9.17, 15) is 4.79 Å². The van der Waals surface area contributed by atoms with E-state index >= 15 is 0 Å². The number of rotatable bonds is 8. The van der Waals surface area contributed by atoms with E-state index in [1.165, 1.54) is 6.20 Å². The number of guanidine groups is 1. The summed E-state index contributed by atoms with van der Waals surface area (Å²) in [6, 6.07) is 8.99. The van der Waals surface area contributed by atoms with Crippen LogP contribution >= 0.6 is 0 Å². The molecule has 0 bridgehead atoms. The number of anilines is 1. The van der Waals surface area contributed by atoms with Crippen molar-refractivity contribution in [2.75, 3.05) is 39.2 Å². The number of aromatic nitrogens is 1. The third kappa shape index (κ3) is 6.18. The van der Waals surface area contributed by atoms with Crippen LogP contribution in [0.4, 0.5) is 5.69 Å². The van der Waals surface area contributed by atoms with Crippen LogP contribution in [0.3, 0.4) is 0 Å². The standard InChI is InChI=1S/C19H25N5O3/c1-4-27-17-12-15(7-8-16(17)26-3)24-19(20-2)23-11-10-22-18(25)14-6-5-9-21-13-14/h5-9,12-13H,4,10-11H2,1-3H3,(H,22,25)(H2,20,23,24). The van der Waals surface area contributed by atoms with Crippen LogP contribution in [0, 0.1) is 0 Å². The molecule has 0 fully saturated rings. The molecule has 0 saturated heterocycles. The van der Waals surface area contributed by atoms with E-state index in [0.29, 0.717) is 42.7 Å². The van der Waals surface area contributed by atoms with Gasteiger partial charge in [0.25, 0.3) is 5.91 Å². The van der Waals surface area contributed by atoms with E-state index < -0.39 is 0 Å². The minimum absolute atomic E-state index is 0.163. The van der Waals surface area contributed by atoms with Crippen molar-refractivity contribution < 1.29 is 14.3 Å². The molecule has 0 unspecified atom stereocenters. The number of amides is 1. The maximum atomic E-state index is 12.0. The van der Waals surface area contributed by atoms with E-state index in [1.807, 2.05) is 25.1 Å². The minimum Gasteiger partial charge on any atom is -0.493 e. The number of benzene rings is 1. The van der Waals surface area contributed by atoms with Crippen LogP contribution in [-0.2, 0) is 0 Å². The molecule has 0 spiro atoms. The number of hydrogen-bond acceptors (Lipinski definition) is 5. The summed E-state index contributed by atoms with van der Waals surface area (Å²) in [5, 5.41) is 9.14. The predicted molar refractivity (Wildman–Crippen MR) is 106 cm³/mol. The molecular formula is C19H25N5O3. The topological polar surface area (TPSA) is 96.9 Å². The fourth-order valence-electron chi connectivity index (χ4n) is 2.29. The smallest absolute Gasteiger partial charge is 0.252 e. The Morgan fingerprint density at radius 1 is 1.19 bits per heavy atom. The maximum absolute atomic E-state index is 12.0. The van der Waals surface area contributed by atoms with Gasteiger partial charge in [0, 0.05) is 44.3 Å². The van der Waals surface area contributed by atoms with Crippen molar-refractivity contribution in [3.05, 3.63) is 48.3 Å². The van der Waals surface area contributed by atoms with Crippen molar-refractivity contribution in [1.82, 2.24) is 15.6 Å². The molecular weight excluding hydrogens is 346 g/mol. The van der Waals surface area contributed by atoms with Crippen molar-refractivity contribution in [2.24, 2.45) is 4.99 Å². The summed E-state index contributed by atoms with van der Waals surface area (Å²) in [5.74, 6) is 1.75. The molecule has 1 aromatic carbocycles. The summed E-state index contributed by atoms with van der Waals surface area (Å²) in [7, 11) is 3.28. The Hall–Kier alpha value is -3.29. The molecule has 2 aromatic rings. The van der Waals surface area contributed by atoms with Gasteiger partial charge in [-0.1, -0.05) is 0 Å². The van der Waals surface area contributed by atoms with Gasteiger partial charge in [-0.15, -0.1) is 0 Å². The molecule has 1 heterocycles. The molecule has 1 amide bonds. The highest BCUT2D eigenvalue weighted by Crippen LogP contribution is 2.30. The predicted octanol–water partition coefficient (Wildman–Crippen LogP) is 1.91. The van der Waals surface area contributed by atoms with E-state index in [1.54, 1.807) is 32.5 Å². The minimum atomic E-state index is -0.163. The van der Waals surface area contributed by atoms with Crippen LogP contribution in [0.1, 0.15) is 17.3 Å². The average molecular weight is 371 g/mol.